The molecule has 4 aromatic rings. The number of aromatic nitrogens is 3. The van der Waals surface area contributed by atoms with Crippen LogP contribution in [0.3, 0.4) is 0 Å². The van der Waals surface area contributed by atoms with Gasteiger partial charge in [-0.15, -0.1) is 10.2 Å². The molecule has 2 aromatic carbocycles. The average Bonchev–Trinajstić information content (AvgIpc) is 3.49. The van der Waals surface area contributed by atoms with Gasteiger partial charge in [-0.2, -0.15) is 0 Å². The Kier molecular flexibility index (Phi) is 9.47. The molecule has 1 saturated heterocycles. The second-order valence-electron chi connectivity index (χ2n) is 13.7. The van der Waals surface area contributed by atoms with Crippen LogP contribution in [0, 0.1) is 10.8 Å². The number of rotatable bonds is 9. The molecule has 2 aliphatic rings. The highest BCUT2D eigenvalue weighted by atomic mass is 16.5. The number of hydrogen-bond acceptors (Lipinski definition) is 8. The summed E-state index contributed by atoms with van der Waals surface area (Å²) in [7, 11) is 0. The molecule has 2 aromatic heterocycles. The number of pyridine rings is 1. The van der Waals surface area contributed by atoms with E-state index in [9.17, 15) is 9.59 Å². The zero-order valence-corrected chi connectivity index (χ0v) is 28.0. The zero-order chi connectivity index (χ0) is 33.8. The lowest BCUT2D eigenvalue weighted by Crippen LogP contribution is -2.41. The summed E-state index contributed by atoms with van der Waals surface area (Å²) in [5.74, 6) is 1.94. The topological polar surface area (TPSA) is 137 Å². The van der Waals surface area contributed by atoms with Crippen molar-refractivity contribution in [2.75, 3.05) is 16.8 Å². The maximum atomic E-state index is 13.4. The predicted octanol–water partition coefficient (Wildman–Crippen LogP) is 7.19. The van der Waals surface area contributed by atoms with Gasteiger partial charge >= 0.3 is 6.03 Å². The number of carbonyl (C=O) groups is 2. The molecule has 6 rings (SSSR count). The molecule has 11 heteroatoms. The molecule has 1 aliphatic heterocycles. The van der Waals surface area contributed by atoms with Gasteiger partial charge in [0.05, 0.1) is 12.2 Å². The molecular formula is C37H44N8O3. The molecule has 48 heavy (non-hydrogen) atoms. The van der Waals surface area contributed by atoms with Gasteiger partial charge < -0.3 is 25.7 Å². The van der Waals surface area contributed by atoms with Crippen molar-refractivity contribution in [1.29, 1.82) is 5.41 Å². The fourth-order valence-electron chi connectivity index (χ4n) is 6.29. The highest BCUT2D eigenvalue weighted by Gasteiger charge is 2.30. The van der Waals surface area contributed by atoms with Crippen LogP contribution in [0.1, 0.15) is 93.4 Å². The van der Waals surface area contributed by atoms with E-state index >= 15 is 0 Å². The monoisotopic (exact) mass is 648 g/mol. The Labute approximate surface area is 281 Å². The number of allylic oxidation sites excluding steroid dienone is 1. The maximum Gasteiger partial charge on any atom is 0.320 e. The standard InChI is InChI=1S/C37H44N8O3/c1-24-9-7-8-20-44(24)36-43-42-34-19-16-27(22-45(34)36)48-31-18-17-30(28-10-5-6-11-29(28)31)40-35(47)41-33(21-32(38)37(2,3)4)39-26-14-12-25(23-46)13-15-26/h5-6,10-16,19,21-24,30-31,38-39H,7-9,17-18,20H2,1-4H3,(H2,40,41,47)/b33-21+,38-32?/t24-,30-,31+/m0/s1. The minimum Gasteiger partial charge on any atom is -0.484 e. The van der Waals surface area contributed by atoms with Crippen molar-refractivity contribution >= 4 is 35.3 Å². The number of benzene rings is 2. The summed E-state index contributed by atoms with van der Waals surface area (Å²) in [4.78, 5) is 26.9. The molecule has 4 N–H and O–H groups in total. The Morgan fingerprint density at radius 3 is 2.48 bits per heavy atom. The van der Waals surface area contributed by atoms with Gasteiger partial charge in [-0.05, 0) is 86.6 Å². The average molecular weight is 649 g/mol. The van der Waals surface area contributed by atoms with Gasteiger partial charge in [-0.25, -0.2) is 4.79 Å². The number of fused-ring (bicyclic) bond motifs is 2. The third-order valence-electron chi connectivity index (χ3n) is 9.11. The van der Waals surface area contributed by atoms with E-state index in [0.29, 0.717) is 41.7 Å². The number of anilines is 2. The van der Waals surface area contributed by atoms with Crippen LogP contribution in [0.15, 0.2) is 78.8 Å². The number of nitrogens with one attached hydrogen (secondary N) is 4. The van der Waals surface area contributed by atoms with E-state index in [1.165, 1.54) is 6.42 Å². The zero-order valence-electron chi connectivity index (χ0n) is 28.0. The Balaban J connectivity index is 1.17. The van der Waals surface area contributed by atoms with E-state index in [2.05, 4.69) is 44.0 Å². The largest absolute Gasteiger partial charge is 0.484 e. The van der Waals surface area contributed by atoms with Crippen LogP contribution in [0.5, 0.6) is 5.75 Å². The van der Waals surface area contributed by atoms with Gasteiger partial charge in [-0.3, -0.25) is 14.5 Å². The molecule has 250 valence electrons. The molecule has 1 aliphatic carbocycles. The number of carbonyl (C=O) groups excluding carboxylic acids is 2. The van der Waals surface area contributed by atoms with Gasteiger partial charge in [0.15, 0.2) is 5.65 Å². The predicted molar refractivity (Wildman–Crippen MR) is 188 cm³/mol. The van der Waals surface area contributed by atoms with E-state index in [1.54, 1.807) is 30.3 Å². The molecular weight excluding hydrogens is 604 g/mol. The molecule has 0 bridgehead atoms. The van der Waals surface area contributed by atoms with Crippen molar-refractivity contribution < 1.29 is 14.3 Å². The first-order chi connectivity index (χ1) is 23.1. The van der Waals surface area contributed by atoms with Gasteiger partial charge in [0.2, 0.25) is 5.95 Å². The second kappa shape index (κ2) is 13.9. The van der Waals surface area contributed by atoms with Crippen molar-refractivity contribution in [2.24, 2.45) is 5.41 Å². The van der Waals surface area contributed by atoms with E-state index in [4.69, 9.17) is 10.1 Å². The highest BCUT2D eigenvalue weighted by Crippen LogP contribution is 2.39. The summed E-state index contributed by atoms with van der Waals surface area (Å²) in [6, 6.07) is 18.6. The molecule has 11 nitrogen and oxygen atoms in total. The Morgan fingerprint density at radius 1 is 0.979 bits per heavy atom. The number of nitrogens with zero attached hydrogens (tertiary/aromatic N) is 4. The fraction of sp³-hybridized carbons (Fsp3) is 0.378. The summed E-state index contributed by atoms with van der Waals surface area (Å²) in [6.45, 7) is 9.03. The first-order valence-electron chi connectivity index (χ1n) is 16.7. The molecule has 0 radical (unpaired) electrons. The molecule has 0 saturated carbocycles. The van der Waals surface area contributed by atoms with Gasteiger partial charge in [0, 0.05) is 41.0 Å². The molecule has 3 atom stereocenters. The van der Waals surface area contributed by atoms with E-state index in [-0.39, 0.29) is 12.1 Å². The van der Waals surface area contributed by atoms with Crippen LogP contribution in [-0.4, -0.2) is 45.2 Å². The Morgan fingerprint density at radius 2 is 1.75 bits per heavy atom. The summed E-state index contributed by atoms with van der Waals surface area (Å²) in [5, 5.41) is 26.7. The highest BCUT2D eigenvalue weighted by molar-refractivity contribution is 5.97. The van der Waals surface area contributed by atoms with Gasteiger partial charge in [-0.1, -0.05) is 45.0 Å². The minimum atomic E-state index is -0.420. The van der Waals surface area contributed by atoms with Crippen LogP contribution in [0.4, 0.5) is 16.4 Å². The van der Waals surface area contributed by atoms with Crippen molar-refractivity contribution in [3.63, 3.8) is 0 Å². The molecule has 1 fully saturated rings. The lowest BCUT2D eigenvalue weighted by atomic mass is 9.85. The number of hydrogen-bond donors (Lipinski definition) is 4. The molecule has 3 heterocycles. The lowest BCUT2D eigenvalue weighted by molar-refractivity contribution is 0.112. The summed E-state index contributed by atoms with van der Waals surface area (Å²) < 4.78 is 8.64. The summed E-state index contributed by atoms with van der Waals surface area (Å²) in [5.41, 5.74) is 3.97. The van der Waals surface area contributed by atoms with Gasteiger partial charge in [0.1, 0.15) is 24.0 Å². The van der Waals surface area contributed by atoms with Crippen LogP contribution in [-0.2, 0) is 0 Å². The number of piperidine rings is 1. The minimum absolute atomic E-state index is 0.188. The maximum absolute atomic E-state index is 13.4. The molecule has 0 unspecified atom stereocenters. The Bertz CT molecular complexity index is 1820. The third-order valence-corrected chi connectivity index (χ3v) is 9.11. The molecule has 0 spiro atoms. The normalized spacial score (nSPS) is 19.7. The number of amides is 2. The number of urea groups is 1. The fourth-order valence-corrected chi connectivity index (χ4v) is 6.29. The third kappa shape index (κ3) is 7.35. The van der Waals surface area contributed by atoms with Crippen LogP contribution in [0.25, 0.3) is 5.65 Å². The van der Waals surface area contributed by atoms with Gasteiger partial charge in [0.25, 0.3) is 0 Å². The first kappa shape index (κ1) is 32.7. The van der Waals surface area contributed by atoms with E-state index < -0.39 is 11.4 Å². The van der Waals surface area contributed by atoms with Crippen molar-refractivity contribution in [2.45, 2.75) is 78.0 Å². The number of aldehydes is 1. The van der Waals surface area contributed by atoms with Crippen LogP contribution in [0.2, 0.25) is 0 Å². The van der Waals surface area contributed by atoms with Crippen molar-refractivity contribution in [3.05, 3.63) is 95.4 Å². The smallest absolute Gasteiger partial charge is 0.320 e. The summed E-state index contributed by atoms with van der Waals surface area (Å²) >= 11 is 0. The van der Waals surface area contributed by atoms with Crippen LogP contribution >= 0.6 is 0 Å². The van der Waals surface area contributed by atoms with E-state index in [1.807, 2.05) is 61.7 Å². The SMILES string of the molecule is C[C@H]1CCCCN1c1nnc2ccc(O[C@@H]3CC[C@H](NC(=O)N/C(=C/C(=N)C(C)(C)C)Nc4ccc(C=O)cc4)c4ccccc43)cn12. The van der Waals surface area contributed by atoms with Crippen LogP contribution < -0.4 is 25.6 Å². The molecule has 2 amide bonds. The van der Waals surface area contributed by atoms with E-state index in [0.717, 1.165) is 54.1 Å². The number of ether oxygens (including phenoxy) is 1. The quantitative estimate of drug-likeness (QED) is 0.111. The first-order valence-corrected chi connectivity index (χ1v) is 16.7. The summed E-state index contributed by atoms with van der Waals surface area (Å²) in [6.07, 6.45) is 9.10. The Hall–Kier alpha value is -5.19. The second-order valence-corrected chi connectivity index (χ2v) is 13.7. The lowest BCUT2D eigenvalue weighted by Gasteiger charge is -2.33. The van der Waals surface area contributed by atoms with Crippen molar-refractivity contribution in [1.82, 2.24) is 25.2 Å². The van der Waals surface area contributed by atoms with Crippen molar-refractivity contribution in [3.8, 4) is 5.75 Å².